The lowest BCUT2D eigenvalue weighted by atomic mass is 10.2. The van der Waals surface area contributed by atoms with E-state index in [0.29, 0.717) is 8.95 Å². The molecular formula is C13H7Br2FN2O3. The monoisotopic (exact) mass is 416 g/mol. The average molecular weight is 418 g/mol. The van der Waals surface area contributed by atoms with E-state index in [4.69, 9.17) is 0 Å². The summed E-state index contributed by atoms with van der Waals surface area (Å²) in [7, 11) is 0. The predicted molar refractivity (Wildman–Crippen MR) is 82.8 cm³/mol. The first-order valence-electron chi connectivity index (χ1n) is 5.59. The topological polar surface area (TPSA) is 72.2 Å². The number of hydrogen-bond donors (Lipinski definition) is 1. The fraction of sp³-hybridized carbons (Fsp3) is 0. The van der Waals surface area contributed by atoms with Crippen molar-refractivity contribution in [3.05, 3.63) is 66.8 Å². The van der Waals surface area contributed by atoms with Crippen LogP contribution in [0.1, 0.15) is 10.4 Å². The molecule has 108 valence electrons. The minimum absolute atomic E-state index is 0.161. The van der Waals surface area contributed by atoms with Crippen LogP contribution in [-0.4, -0.2) is 10.8 Å². The molecule has 0 bridgehead atoms. The number of amides is 1. The summed E-state index contributed by atoms with van der Waals surface area (Å²) < 4.78 is 13.6. The van der Waals surface area contributed by atoms with Gasteiger partial charge in [0.1, 0.15) is 5.82 Å². The van der Waals surface area contributed by atoms with Gasteiger partial charge < -0.3 is 5.32 Å². The Morgan fingerprint density at radius 1 is 1.14 bits per heavy atom. The number of carbonyl (C=O) groups is 1. The van der Waals surface area contributed by atoms with Gasteiger partial charge in [-0.05, 0) is 62.2 Å². The maximum Gasteiger partial charge on any atom is 0.285 e. The number of nitro benzene ring substituents is 1. The quantitative estimate of drug-likeness (QED) is 0.589. The lowest BCUT2D eigenvalue weighted by Crippen LogP contribution is -2.12. The van der Waals surface area contributed by atoms with Gasteiger partial charge >= 0.3 is 0 Å². The van der Waals surface area contributed by atoms with Gasteiger partial charge in [0.05, 0.1) is 15.0 Å². The Hall–Kier alpha value is -1.80. The smallest absolute Gasteiger partial charge is 0.285 e. The van der Waals surface area contributed by atoms with Gasteiger partial charge in [-0.3, -0.25) is 14.9 Å². The molecule has 0 saturated carbocycles. The molecule has 0 spiro atoms. The van der Waals surface area contributed by atoms with Crippen molar-refractivity contribution in [1.82, 2.24) is 0 Å². The molecule has 0 unspecified atom stereocenters. The summed E-state index contributed by atoms with van der Waals surface area (Å²) in [6.45, 7) is 0. The highest BCUT2D eigenvalue weighted by Gasteiger charge is 2.15. The molecule has 0 atom stereocenters. The van der Waals surface area contributed by atoms with Gasteiger partial charge in [-0.2, -0.15) is 0 Å². The molecule has 0 aromatic heterocycles. The predicted octanol–water partition coefficient (Wildman–Crippen LogP) is 4.51. The molecule has 2 aromatic rings. The van der Waals surface area contributed by atoms with E-state index in [2.05, 4.69) is 37.2 Å². The maximum atomic E-state index is 13.0. The third kappa shape index (κ3) is 3.64. The standard InChI is InChI=1S/C13H7Br2FN2O3/c14-10-4-2-8(6-12(10)18(20)21)17-13(19)9-3-1-7(16)5-11(9)15/h1-6H,(H,17,19). The molecule has 0 aliphatic heterocycles. The van der Waals surface area contributed by atoms with Crippen molar-refractivity contribution in [3.63, 3.8) is 0 Å². The van der Waals surface area contributed by atoms with Crippen LogP contribution in [0.4, 0.5) is 15.8 Å². The lowest BCUT2D eigenvalue weighted by molar-refractivity contribution is -0.385. The highest BCUT2D eigenvalue weighted by molar-refractivity contribution is 9.10. The van der Waals surface area contributed by atoms with Crippen LogP contribution in [0.2, 0.25) is 0 Å². The van der Waals surface area contributed by atoms with Gasteiger partial charge in [-0.15, -0.1) is 0 Å². The molecule has 0 saturated heterocycles. The number of halogens is 3. The zero-order valence-corrected chi connectivity index (χ0v) is 13.4. The van der Waals surface area contributed by atoms with Crippen LogP contribution in [0.3, 0.4) is 0 Å². The summed E-state index contributed by atoms with van der Waals surface area (Å²) in [5.74, 6) is -0.976. The molecule has 2 aromatic carbocycles. The Bertz CT molecular complexity index is 737. The maximum absolute atomic E-state index is 13.0. The fourth-order valence-corrected chi connectivity index (χ4v) is 2.52. The Labute approximate surface area is 135 Å². The van der Waals surface area contributed by atoms with Gasteiger partial charge in [0, 0.05) is 16.2 Å². The van der Waals surface area contributed by atoms with Crippen molar-refractivity contribution >= 4 is 49.1 Å². The number of anilines is 1. The number of hydrogen-bond acceptors (Lipinski definition) is 3. The first-order valence-corrected chi connectivity index (χ1v) is 7.17. The van der Waals surface area contributed by atoms with Crippen LogP contribution in [-0.2, 0) is 0 Å². The van der Waals surface area contributed by atoms with E-state index in [0.717, 1.165) is 6.07 Å². The number of nitrogens with one attached hydrogen (secondary N) is 1. The van der Waals surface area contributed by atoms with Crippen molar-refractivity contribution in [1.29, 1.82) is 0 Å². The van der Waals surface area contributed by atoms with Crippen molar-refractivity contribution in [2.45, 2.75) is 0 Å². The van der Waals surface area contributed by atoms with Crippen LogP contribution in [0, 0.1) is 15.9 Å². The first kappa shape index (κ1) is 15.6. The first-order chi connectivity index (χ1) is 9.88. The second kappa shape index (κ2) is 6.31. The number of carbonyl (C=O) groups excluding carboxylic acids is 1. The highest BCUT2D eigenvalue weighted by Crippen LogP contribution is 2.28. The van der Waals surface area contributed by atoms with Gasteiger partial charge in [0.25, 0.3) is 11.6 Å². The number of nitrogens with zero attached hydrogens (tertiary/aromatic N) is 1. The van der Waals surface area contributed by atoms with Crippen molar-refractivity contribution in [2.24, 2.45) is 0 Å². The van der Waals surface area contributed by atoms with Crippen molar-refractivity contribution in [3.8, 4) is 0 Å². The Morgan fingerprint density at radius 2 is 1.86 bits per heavy atom. The van der Waals surface area contributed by atoms with Crippen LogP contribution in [0.15, 0.2) is 45.3 Å². The molecular weight excluding hydrogens is 411 g/mol. The average Bonchev–Trinajstić information content (AvgIpc) is 2.40. The summed E-state index contributed by atoms with van der Waals surface area (Å²) in [5.41, 5.74) is 0.332. The molecule has 1 N–H and O–H groups in total. The fourth-order valence-electron chi connectivity index (χ4n) is 1.60. The van der Waals surface area contributed by atoms with E-state index < -0.39 is 16.6 Å². The molecule has 21 heavy (non-hydrogen) atoms. The van der Waals surface area contributed by atoms with Crippen LogP contribution >= 0.6 is 31.9 Å². The van der Waals surface area contributed by atoms with Gasteiger partial charge in [0.2, 0.25) is 0 Å². The normalized spacial score (nSPS) is 10.2. The SMILES string of the molecule is O=C(Nc1ccc(Br)c([N+](=O)[O-])c1)c1ccc(F)cc1Br. The lowest BCUT2D eigenvalue weighted by Gasteiger charge is -2.07. The molecule has 1 amide bonds. The summed E-state index contributed by atoms with van der Waals surface area (Å²) in [6, 6.07) is 7.87. The van der Waals surface area contributed by atoms with Gasteiger partial charge in [-0.25, -0.2) is 4.39 Å². The summed E-state index contributed by atoms with van der Waals surface area (Å²) in [6.07, 6.45) is 0. The van der Waals surface area contributed by atoms with Crippen molar-refractivity contribution in [2.75, 3.05) is 5.32 Å². The third-order valence-corrected chi connectivity index (χ3v) is 3.90. The van der Waals surface area contributed by atoms with Crippen molar-refractivity contribution < 1.29 is 14.1 Å². The van der Waals surface area contributed by atoms with E-state index >= 15 is 0 Å². The molecule has 2 rings (SSSR count). The Morgan fingerprint density at radius 3 is 2.48 bits per heavy atom. The highest BCUT2D eigenvalue weighted by atomic mass is 79.9. The second-order valence-corrected chi connectivity index (χ2v) is 5.71. The molecule has 0 heterocycles. The number of nitro groups is 1. The van der Waals surface area contributed by atoms with E-state index in [-0.39, 0.29) is 16.9 Å². The van der Waals surface area contributed by atoms with E-state index in [1.165, 1.54) is 30.3 Å². The minimum Gasteiger partial charge on any atom is -0.322 e. The van der Waals surface area contributed by atoms with Crippen LogP contribution in [0.25, 0.3) is 0 Å². The van der Waals surface area contributed by atoms with Gasteiger partial charge in [-0.1, -0.05) is 0 Å². The van der Waals surface area contributed by atoms with Crippen LogP contribution < -0.4 is 5.32 Å². The summed E-state index contributed by atoms with van der Waals surface area (Å²) in [5, 5.41) is 13.4. The Kier molecular flexibility index (Phi) is 4.69. The number of rotatable bonds is 3. The molecule has 0 aliphatic rings. The molecule has 5 nitrogen and oxygen atoms in total. The summed E-state index contributed by atoms with van der Waals surface area (Å²) >= 11 is 6.15. The summed E-state index contributed by atoms with van der Waals surface area (Å²) in [4.78, 5) is 22.3. The van der Waals surface area contributed by atoms with Gasteiger partial charge in [0.15, 0.2) is 0 Å². The molecule has 0 aliphatic carbocycles. The van der Waals surface area contributed by atoms with E-state index in [1.54, 1.807) is 0 Å². The number of benzene rings is 2. The van der Waals surface area contributed by atoms with Crippen LogP contribution in [0.5, 0.6) is 0 Å². The zero-order valence-electron chi connectivity index (χ0n) is 10.3. The zero-order chi connectivity index (χ0) is 15.6. The van der Waals surface area contributed by atoms with E-state index in [9.17, 15) is 19.3 Å². The largest absolute Gasteiger partial charge is 0.322 e. The third-order valence-electron chi connectivity index (χ3n) is 2.58. The molecule has 8 heteroatoms. The molecule has 0 fully saturated rings. The van der Waals surface area contributed by atoms with E-state index in [1.807, 2.05) is 0 Å². The molecule has 0 radical (unpaired) electrons. The second-order valence-electron chi connectivity index (χ2n) is 4.00. The minimum atomic E-state index is -0.562. The Balaban J connectivity index is 2.27.